The number of hydrogen-bond acceptors (Lipinski definition) is 1. The Hall–Kier alpha value is -1.09. The van der Waals surface area contributed by atoms with E-state index < -0.39 is 8.24 Å². The van der Waals surface area contributed by atoms with Gasteiger partial charge in [0.1, 0.15) is 5.65 Å². The Bertz CT molecular complexity index is 633. The molecule has 0 aromatic carbocycles. The molecule has 0 spiro atoms. The number of nitrogens with zero attached hydrogens (tertiary/aromatic N) is 2. The van der Waals surface area contributed by atoms with E-state index in [0.29, 0.717) is 16.6 Å². The van der Waals surface area contributed by atoms with Gasteiger partial charge in [0.15, 0.2) is 8.24 Å². The second-order valence-corrected chi connectivity index (χ2v) is 13.9. The molecule has 0 aliphatic rings. The molecule has 3 heteroatoms. The smallest absolute Gasteiger partial charge is 0.171 e. The quantitative estimate of drug-likeness (QED) is 0.380. The molecule has 0 bridgehead atoms. The van der Waals surface area contributed by atoms with Crippen molar-refractivity contribution < 1.29 is 0 Å². The number of aromatic nitrogens is 2. The standard InChI is InChI=1S/C21H36N2Si/c1-8-9-10-12-19-15-23(21-20(19)13-11-14-22-21)24(16(2)3,17(4)5)18(6)7/h11,13-18H,8-10,12H2,1-7H3. The molecule has 0 atom stereocenters. The molecule has 2 rings (SSSR count). The van der Waals surface area contributed by atoms with Crippen LogP contribution in [0.15, 0.2) is 24.5 Å². The van der Waals surface area contributed by atoms with Crippen molar-refractivity contribution >= 4 is 19.3 Å². The molecule has 0 aliphatic carbocycles. The molecule has 0 unspecified atom stereocenters. The van der Waals surface area contributed by atoms with Crippen LogP contribution in [0.2, 0.25) is 16.6 Å². The molecular formula is C21H36N2Si. The second kappa shape index (κ2) is 7.86. The van der Waals surface area contributed by atoms with E-state index in [9.17, 15) is 0 Å². The molecule has 2 nitrogen and oxygen atoms in total. The molecule has 0 saturated heterocycles. The van der Waals surface area contributed by atoms with Gasteiger partial charge in [0.2, 0.25) is 0 Å². The van der Waals surface area contributed by atoms with Crippen LogP contribution >= 0.6 is 0 Å². The number of rotatable bonds is 8. The van der Waals surface area contributed by atoms with Crippen LogP contribution in [-0.2, 0) is 6.42 Å². The second-order valence-electron chi connectivity index (χ2n) is 8.21. The highest BCUT2D eigenvalue weighted by atomic mass is 28.3. The molecule has 134 valence electrons. The lowest BCUT2D eigenvalue weighted by Crippen LogP contribution is -2.51. The van der Waals surface area contributed by atoms with Crippen LogP contribution in [-0.4, -0.2) is 17.5 Å². The summed E-state index contributed by atoms with van der Waals surface area (Å²) in [5.41, 5.74) is 4.81. The minimum atomic E-state index is -1.74. The number of hydrogen-bond donors (Lipinski definition) is 0. The third-order valence-corrected chi connectivity index (χ3v) is 12.6. The SMILES string of the molecule is CCCCCc1cn([Si](C(C)C)(C(C)C)C(C)C)c2ncccc12. The van der Waals surface area contributed by atoms with Gasteiger partial charge in [-0.15, -0.1) is 0 Å². The van der Waals surface area contributed by atoms with Gasteiger partial charge in [-0.1, -0.05) is 61.3 Å². The molecule has 2 heterocycles. The van der Waals surface area contributed by atoms with Crippen LogP contribution in [0, 0.1) is 0 Å². The van der Waals surface area contributed by atoms with E-state index in [2.05, 4.69) is 71.0 Å². The fourth-order valence-corrected chi connectivity index (χ4v) is 11.6. The van der Waals surface area contributed by atoms with Gasteiger partial charge in [-0.3, -0.25) is 0 Å². The summed E-state index contributed by atoms with van der Waals surface area (Å²) in [6.45, 7) is 16.8. The van der Waals surface area contributed by atoms with E-state index in [1.165, 1.54) is 42.3 Å². The lowest BCUT2D eigenvalue weighted by Gasteiger charge is -2.44. The molecule has 0 radical (unpaired) electrons. The fourth-order valence-electron chi connectivity index (χ4n) is 5.02. The summed E-state index contributed by atoms with van der Waals surface area (Å²) in [5, 5.41) is 1.38. The van der Waals surface area contributed by atoms with Crippen molar-refractivity contribution in [2.75, 3.05) is 0 Å². The van der Waals surface area contributed by atoms with Crippen molar-refractivity contribution in [1.29, 1.82) is 0 Å². The van der Waals surface area contributed by atoms with Crippen molar-refractivity contribution in [1.82, 2.24) is 9.22 Å². The molecule has 0 amide bonds. The number of aryl methyl sites for hydroxylation is 1. The van der Waals surface area contributed by atoms with Crippen LogP contribution < -0.4 is 0 Å². The summed E-state index contributed by atoms with van der Waals surface area (Å²) >= 11 is 0. The Morgan fingerprint density at radius 3 is 2.17 bits per heavy atom. The zero-order valence-electron chi connectivity index (χ0n) is 16.8. The van der Waals surface area contributed by atoms with Crippen molar-refractivity contribution in [2.24, 2.45) is 0 Å². The van der Waals surface area contributed by atoms with Gasteiger partial charge in [0.05, 0.1) is 0 Å². The van der Waals surface area contributed by atoms with Gasteiger partial charge < -0.3 is 4.23 Å². The van der Waals surface area contributed by atoms with Gasteiger partial charge in [-0.2, -0.15) is 0 Å². The predicted molar refractivity (Wildman–Crippen MR) is 109 cm³/mol. The molecule has 24 heavy (non-hydrogen) atoms. The summed E-state index contributed by atoms with van der Waals surface area (Å²) in [7, 11) is -1.74. The molecule has 2 aromatic rings. The highest BCUT2D eigenvalue weighted by Crippen LogP contribution is 2.44. The first-order chi connectivity index (χ1) is 11.4. The van der Waals surface area contributed by atoms with E-state index >= 15 is 0 Å². The Morgan fingerprint density at radius 2 is 1.62 bits per heavy atom. The van der Waals surface area contributed by atoms with Gasteiger partial charge in [0, 0.05) is 17.8 Å². The Balaban J connectivity index is 2.65. The first-order valence-corrected chi connectivity index (χ1v) is 12.0. The van der Waals surface area contributed by atoms with Gasteiger partial charge in [-0.25, -0.2) is 4.98 Å². The number of unbranched alkanes of at least 4 members (excludes halogenated alkanes) is 2. The lowest BCUT2D eigenvalue weighted by molar-refractivity contribution is 0.717. The maximum atomic E-state index is 4.84. The Labute approximate surface area is 149 Å². The zero-order valence-corrected chi connectivity index (χ0v) is 17.8. The topological polar surface area (TPSA) is 17.8 Å². The zero-order chi connectivity index (χ0) is 17.9. The van der Waals surface area contributed by atoms with Gasteiger partial charge >= 0.3 is 0 Å². The van der Waals surface area contributed by atoms with Crippen molar-refractivity contribution in [3.8, 4) is 0 Å². The first kappa shape index (κ1) is 19.2. The maximum absolute atomic E-state index is 4.84. The first-order valence-electron chi connectivity index (χ1n) is 9.82. The number of fused-ring (bicyclic) bond motifs is 1. The normalized spacial score (nSPS) is 12.9. The molecule has 2 aromatic heterocycles. The van der Waals surface area contributed by atoms with Crippen LogP contribution in [0.1, 0.15) is 73.3 Å². The minimum Gasteiger partial charge on any atom is -0.358 e. The van der Waals surface area contributed by atoms with E-state index in [-0.39, 0.29) is 0 Å². The lowest BCUT2D eigenvalue weighted by atomic mass is 10.1. The predicted octanol–water partition coefficient (Wildman–Crippen LogP) is 6.79. The average molecular weight is 345 g/mol. The monoisotopic (exact) mass is 344 g/mol. The van der Waals surface area contributed by atoms with E-state index in [0.717, 1.165) is 0 Å². The number of pyridine rings is 1. The van der Waals surface area contributed by atoms with E-state index in [4.69, 9.17) is 4.98 Å². The summed E-state index contributed by atoms with van der Waals surface area (Å²) in [6, 6.07) is 4.37. The minimum absolute atomic E-state index is 0.693. The van der Waals surface area contributed by atoms with Crippen molar-refractivity contribution in [2.45, 2.75) is 90.8 Å². The van der Waals surface area contributed by atoms with Crippen LogP contribution in [0.5, 0.6) is 0 Å². The van der Waals surface area contributed by atoms with Gasteiger partial charge in [-0.05, 0) is 47.2 Å². The summed E-state index contributed by atoms with van der Waals surface area (Å²) in [6.07, 6.45) is 9.51. The van der Waals surface area contributed by atoms with Crippen LogP contribution in [0.25, 0.3) is 11.0 Å². The maximum Gasteiger partial charge on any atom is 0.171 e. The molecule has 0 N–H and O–H groups in total. The Kier molecular flexibility index (Phi) is 6.30. The van der Waals surface area contributed by atoms with Crippen molar-refractivity contribution in [3.05, 3.63) is 30.1 Å². The largest absolute Gasteiger partial charge is 0.358 e. The molecular weight excluding hydrogens is 308 g/mol. The van der Waals surface area contributed by atoms with Crippen LogP contribution in [0.3, 0.4) is 0 Å². The fraction of sp³-hybridized carbons (Fsp3) is 0.667. The van der Waals surface area contributed by atoms with Gasteiger partial charge in [0.25, 0.3) is 0 Å². The molecule has 0 aliphatic heterocycles. The summed E-state index contributed by atoms with van der Waals surface area (Å²) in [4.78, 5) is 4.84. The molecule has 0 saturated carbocycles. The summed E-state index contributed by atoms with van der Waals surface area (Å²) in [5.74, 6) is 0. The van der Waals surface area contributed by atoms with Crippen LogP contribution in [0.4, 0.5) is 0 Å². The average Bonchev–Trinajstić information content (AvgIpc) is 2.87. The van der Waals surface area contributed by atoms with E-state index in [1.54, 1.807) is 0 Å². The third-order valence-electron chi connectivity index (χ3n) is 5.89. The highest BCUT2D eigenvalue weighted by Gasteiger charge is 2.46. The third kappa shape index (κ3) is 3.20. The highest BCUT2D eigenvalue weighted by molar-refractivity contribution is 6.82. The summed E-state index contributed by atoms with van der Waals surface area (Å²) < 4.78 is 2.67. The molecule has 0 fully saturated rings. The van der Waals surface area contributed by atoms with E-state index in [1.807, 2.05) is 6.20 Å². The van der Waals surface area contributed by atoms with Crippen molar-refractivity contribution in [3.63, 3.8) is 0 Å². The Morgan fingerprint density at radius 1 is 1.00 bits per heavy atom.